The quantitative estimate of drug-likeness (QED) is 0.932. The van der Waals surface area contributed by atoms with Gasteiger partial charge in [0, 0.05) is 23.8 Å². The van der Waals surface area contributed by atoms with E-state index in [1.807, 2.05) is 32.9 Å². The fraction of sp³-hybridized carbons (Fsp3) is 0.533. The molecule has 0 spiro atoms. The number of halogens is 1. The number of hydrogen-bond donors (Lipinski definition) is 1. The second kappa shape index (κ2) is 6.57. The van der Waals surface area contributed by atoms with Crippen molar-refractivity contribution in [2.24, 2.45) is 0 Å². The Balaban J connectivity index is 1.98. The van der Waals surface area contributed by atoms with Crippen LogP contribution in [0.15, 0.2) is 24.3 Å². The number of amides is 1. The summed E-state index contributed by atoms with van der Waals surface area (Å²) in [5.74, 6) is -0.0198. The SMILES string of the molecule is C[C@H](C(=O)Nc1cccc(Cl)c1)N1C[C@H](C)O[C@@H](C)C1. The fourth-order valence-electron chi connectivity index (χ4n) is 2.51. The van der Waals surface area contributed by atoms with Gasteiger partial charge in [0.2, 0.25) is 5.91 Å². The first-order valence-electron chi connectivity index (χ1n) is 6.91. The molecule has 1 heterocycles. The lowest BCUT2D eigenvalue weighted by atomic mass is 10.1. The number of rotatable bonds is 3. The molecule has 1 saturated heterocycles. The Morgan fingerprint density at radius 2 is 2.05 bits per heavy atom. The second-order valence-corrected chi connectivity index (χ2v) is 5.82. The summed E-state index contributed by atoms with van der Waals surface area (Å²) in [6.07, 6.45) is 0.306. The van der Waals surface area contributed by atoms with E-state index in [9.17, 15) is 4.79 Å². The van der Waals surface area contributed by atoms with Crippen molar-refractivity contribution in [1.29, 1.82) is 0 Å². The maximum absolute atomic E-state index is 12.3. The molecule has 1 aliphatic rings. The van der Waals surface area contributed by atoms with Crippen LogP contribution in [-0.4, -0.2) is 42.1 Å². The van der Waals surface area contributed by atoms with Gasteiger partial charge < -0.3 is 10.1 Å². The van der Waals surface area contributed by atoms with Gasteiger partial charge in [-0.3, -0.25) is 9.69 Å². The Kier molecular flexibility index (Phi) is 5.02. The molecule has 0 bridgehead atoms. The van der Waals surface area contributed by atoms with Crippen molar-refractivity contribution in [3.8, 4) is 0 Å². The van der Waals surface area contributed by atoms with Crippen molar-refractivity contribution in [3.63, 3.8) is 0 Å². The Labute approximate surface area is 125 Å². The summed E-state index contributed by atoms with van der Waals surface area (Å²) in [6.45, 7) is 7.53. The van der Waals surface area contributed by atoms with Crippen LogP contribution in [-0.2, 0) is 9.53 Å². The summed E-state index contributed by atoms with van der Waals surface area (Å²) < 4.78 is 5.69. The van der Waals surface area contributed by atoms with Gasteiger partial charge in [0.05, 0.1) is 18.2 Å². The highest BCUT2D eigenvalue weighted by atomic mass is 35.5. The predicted molar refractivity (Wildman–Crippen MR) is 81.1 cm³/mol. The Bertz CT molecular complexity index is 471. The lowest BCUT2D eigenvalue weighted by Gasteiger charge is -2.38. The van der Waals surface area contributed by atoms with Gasteiger partial charge in [0.25, 0.3) is 0 Å². The van der Waals surface area contributed by atoms with Gasteiger partial charge in [-0.15, -0.1) is 0 Å². The van der Waals surface area contributed by atoms with Crippen molar-refractivity contribution in [1.82, 2.24) is 4.90 Å². The average Bonchev–Trinajstić information content (AvgIpc) is 2.36. The molecular weight excluding hydrogens is 276 g/mol. The molecule has 1 aromatic carbocycles. The number of nitrogens with one attached hydrogen (secondary N) is 1. The normalized spacial score (nSPS) is 25.2. The van der Waals surface area contributed by atoms with Crippen LogP contribution in [0.1, 0.15) is 20.8 Å². The summed E-state index contributed by atoms with van der Waals surface area (Å²) in [6, 6.07) is 6.99. The van der Waals surface area contributed by atoms with E-state index >= 15 is 0 Å². The fourth-order valence-corrected chi connectivity index (χ4v) is 2.70. The van der Waals surface area contributed by atoms with Gasteiger partial charge in [-0.25, -0.2) is 0 Å². The molecule has 2 rings (SSSR count). The molecule has 0 unspecified atom stereocenters. The lowest BCUT2D eigenvalue weighted by Crippen LogP contribution is -2.52. The highest BCUT2D eigenvalue weighted by molar-refractivity contribution is 6.30. The molecule has 110 valence electrons. The van der Waals surface area contributed by atoms with Gasteiger partial charge >= 0.3 is 0 Å². The van der Waals surface area contributed by atoms with Gasteiger partial charge in [-0.2, -0.15) is 0 Å². The third-order valence-electron chi connectivity index (χ3n) is 3.47. The highest BCUT2D eigenvalue weighted by Gasteiger charge is 2.29. The van der Waals surface area contributed by atoms with E-state index in [0.29, 0.717) is 5.02 Å². The summed E-state index contributed by atoms with van der Waals surface area (Å²) in [5, 5.41) is 3.52. The van der Waals surface area contributed by atoms with Crippen molar-refractivity contribution in [2.75, 3.05) is 18.4 Å². The summed E-state index contributed by atoms with van der Waals surface area (Å²) in [7, 11) is 0. The summed E-state index contributed by atoms with van der Waals surface area (Å²) >= 11 is 5.92. The number of ether oxygens (including phenoxy) is 1. The first-order chi connectivity index (χ1) is 9.45. The number of benzene rings is 1. The molecule has 0 saturated carbocycles. The minimum Gasteiger partial charge on any atom is -0.373 e. The summed E-state index contributed by atoms with van der Waals surface area (Å²) in [4.78, 5) is 14.5. The number of carbonyl (C=O) groups excluding carboxylic acids is 1. The van der Waals surface area contributed by atoms with Crippen LogP contribution >= 0.6 is 11.6 Å². The minimum atomic E-state index is -0.192. The molecule has 5 heteroatoms. The molecule has 1 aromatic rings. The monoisotopic (exact) mass is 296 g/mol. The standard InChI is InChI=1S/C15H21ClN2O2/c1-10-8-18(9-11(2)20-10)12(3)15(19)17-14-6-4-5-13(16)7-14/h4-7,10-12H,8-9H2,1-3H3,(H,17,19)/t10-,11-,12+/m0/s1. The molecule has 1 N–H and O–H groups in total. The first-order valence-corrected chi connectivity index (χ1v) is 7.29. The van der Waals surface area contributed by atoms with Gasteiger partial charge in [0.1, 0.15) is 0 Å². The van der Waals surface area contributed by atoms with Crippen LogP contribution in [0.5, 0.6) is 0 Å². The van der Waals surface area contributed by atoms with Gasteiger partial charge in [0.15, 0.2) is 0 Å². The molecule has 0 aromatic heterocycles. The van der Waals surface area contributed by atoms with Crippen LogP contribution in [0.4, 0.5) is 5.69 Å². The van der Waals surface area contributed by atoms with Crippen LogP contribution in [0, 0.1) is 0 Å². The topological polar surface area (TPSA) is 41.6 Å². The number of nitrogens with zero attached hydrogens (tertiary/aromatic N) is 1. The van der Waals surface area contributed by atoms with Crippen molar-refractivity contribution < 1.29 is 9.53 Å². The number of carbonyl (C=O) groups is 1. The Morgan fingerprint density at radius 1 is 1.40 bits per heavy atom. The van der Waals surface area contributed by atoms with E-state index in [-0.39, 0.29) is 24.2 Å². The lowest BCUT2D eigenvalue weighted by molar-refractivity contribution is -0.126. The molecule has 1 fully saturated rings. The predicted octanol–water partition coefficient (Wildman–Crippen LogP) is 2.78. The highest BCUT2D eigenvalue weighted by Crippen LogP contribution is 2.17. The second-order valence-electron chi connectivity index (χ2n) is 5.39. The van der Waals surface area contributed by atoms with Crippen molar-refractivity contribution in [2.45, 2.75) is 39.0 Å². The number of anilines is 1. The third-order valence-corrected chi connectivity index (χ3v) is 3.70. The third kappa shape index (κ3) is 3.95. The van der Waals surface area contributed by atoms with Crippen LogP contribution in [0.3, 0.4) is 0 Å². The Morgan fingerprint density at radius 3 is 2.65 bits per heavy atom. The zero-order valence-corrected chi connectivity index (χ0v) is 12.9. The van der Waals surface area contributed by atoms with E-state index in [1.54, 1.807) is 12.1 Å². The van der Waals surface area contributed by atoms with Gasteiger partial charge in [-0.1, -0.05) is 17.7 Å². The molecule has 20 heavy (non-hydrogen) atoms. The molecule has 4 nitrogen and oxygen atoms in total. The van der Waals surface area contributed by atoms with E-state index in [1.165, 1.54) is 0 Å². The molecule has 0 aliphatic carbocycles. The smallest absolute Gasteiger partial charge is 0.241 e. The van der Waals surface area contributed by atoms with E-state index in [2.05, 4.69) is 10.2 Å². The molecule has 1 aliphatic heterocycles. The average molecular weight is 297 g/mol. The molecule has 3 atom stereocenters. The number of morpholine rings is 1. The van der Waals surface area contributed by atoms with Gasteiger partial charge in [-0.05, 0) is 39.0 Å². The van der Waals surface area contributed by atoms with E-state index in [0.717, 1.165) is 18.8 Å². The molecule has 0 radical (unpaired) electrons. The number of hydrogen-bond acceptors (Lipinski definition) is 3. The van der Waals surface area contributed by atoms with Crippen LogP contribution in [0.2, 0.25) is 5.02 Å². The first kappa shape index (κ1) is 15.3. The van der Waals surface area contributed by atoms with Crippen LogP contribution < -0.4 is 5.32 Å². The molecule has 1 amide bonds. The minimum absolute atomic E-state index is 0.0198. The zero-order chi connectivity index (χ0) is 14.7. The zero-order valence-electron chi connectivity index (χ0n) is 12.1. The van der Waals surface area contributed by atoms with Crippen molar-refractivity contribution >= 4 is 23.2 Å². The maximum atomic E-state index is 12.3. The summed E-state index contributed by atoms with van der Waals surface area (Å²) in [5.41, 5.74) is 0.726. The van der Waals surface area contributed by atoms with Crippen LogP contribution in [0.25, 0.3) is 0 Å². The largest absolute Gasteiger partial charge is 0.373 e. The molecular formula is C15H21ClN2O2. The van der Waals surface area contributed by atoms with E-state index in [4.69, 9.17) is 16.3 Å². The van der Waals surface area contributed by atoms with Crippen molar-refractivity contribution in [3.05, 3.63) is 29.3 Å². The van der Waals surface area contributed by atoms with E-state index < -0.39 is 0 Å². The Hall–Kier alpha value is -1.10. The maximum Gasteiger partial charge on any atom is 0.241 e.